The highest BCUT2D eigenvalue weighted by molar-refractivity contribution is 5.81. The van der Waals surface area contributed by atoms with Crippen molar-refractivity contribution in [1.29, 1.82) is 0 Å². The summed E-state index contributed by atoms with van der Waals surface area (Å²) in [5, 5.41) is 35.7. The third kappa shape index (κ3) is 6.79. The lowest BCUT2D eigenvalue weighted by Crippen LogP contribution is -2.27. The Hall–Kier alpha value is -7.81. The predicted molar refractivity (Wildman–Crippen MR) is 205 cm³/mol. The van der Waals surface area contributed by atoms with Crippen molar-refractivity contribution in [1.82, 2.24) is 58.4 Å². The highest BCUT2D eigenvalue weighted by Crippen LogP contribution is 2.36. The van der Waals surface area contributed by atoms with Gasteiger partial charge in [-0.3, -0.25) is 13.6 Å². The van der Waals surface area contributed by atoms with E-state index in [9.17, 15) is 27.5 Å². The number of aromatic nitrogens is 12. The molecule has 0 amide bonds. The fourth-order valence-corrected chi connectivity index (χ4v) is 6.79. The molecule has 2 aromatic carbocycles. The third-order valence-electron chi connectivity index (χ3n) is 9.39. The predicted octanol–water partition coefficient (Wildman–Crippen LogP) is 6.98. The van der Waals surface area contributed by atoms with Gasteiger partial charge in [-0.2, -0.15) is 29.2 Å². The van der Waals surface area contributed by atoms with Crippen LogP contribution in [0.5, 0.6) is 0 Å². The van der Waals surface area contributed by atoms with E-state index in [0.717, 1.165) is 24.3 Å². The lowest BCUT2D eigenvalue weighted by atomic mass is 10.1. The number of esters is 1. The minimum absolute atomic E-state index is 0.0893. The molecular weight excluding hydrogens is 805 g/mol. The molecule has 10 rings (SSSR count). The molecule has 0 atom stereocenters. The van der Waals surface area contributed by atoms with Crippen LogP contribution < -0.4 is 0 Å². The van der Waals surface area contributed by atoms with E-state index < -0.39 is 40.4 Å². The third-order valence-corrected chi connectivity index (χ3v) is 9.39. The summed E-state index contributed by atoms with van der Waals surface area (Å²) in [6, 6.07) is 13.2. The van der Waals surface area contributed by atoms with E-state index in [0.29, 0.717) is 39.9 Å². The zero-order chi connectivity index (χ0) is 43.0. The van der Waals surface area contributed by atoms with Gasteiger partial charge in [-0.15, -0.1) is 20.4 Å². The van der Waals surface area contributed by atoms with Crippen LogP contribution in [0.3, 0.4) is 0 Å². The van der Waals surface area contributed by atoms with E-state index >= 15 is 0 Å². The first-order valence-corrected chi connectivity index (χ1v) is 18.3. The number of fused-ring (bicyclic) bond motifs is 4. The van der Waals surface area contributed by atoms with Gasteiger partial charge in [0.15, 0.2) is 28.5 Å². The number of ether oxygens (including phenoxy) is 1. The summed E-state index contributed by atoms with van der Waals surface area (Å²) in [4.78, 5) is 20.3. The van der Waals surface area contributed by atoms with Crippen LogP contribution in [0, 0.1) is 23.3 Å². The first-order valence-electron chi connectivity index (χ1n) is 18.3. The van der Waals surface area contributed by atoms with Crippen molar-refractivity contribution in [2.45, 2.75) is 45.8 Å². The Bertz CT molecular complexity index is 3320. The molecule has 308 valence electrons. The number of carbonyl (C=O) groups is 1. The average molecular weight is 835 g/mol. The average Bonchev–Trinajstić information content (AvgIpc) is 4.03. The van der Waals surface area contributed by atoms with Gasteiger partial charge in [-0.25, -0.2) is 17.6 Å². The first kappa shape index (κ1) is 38.7. The number of nitrogens with zero attached hydrogens (tertiary/aromatic N) is 12. The minimum Gasteiger partial charge on any atom is -0.452 e. The molecule has 8 aromatic heterocycles. The van der Waals surface area contributed by atoms with Crippen LogP contribution in [0.1, 0.15) is 46.3 Å². The van der Waals surface area contributed by atoms with Gasteiger partial charge in [-0.1, -0.05) is 0 Å². The van der Waals surface area contributed by atoms with Gasteiger partial charge in [0.05, 0.1) is 0 Å². The Labute approximate surface area is 339 Å². The van der Waals surface area contributed by atoms with E-state index in [1.165, 1.54) is 40.6 Å². The molecule has 0 aliphatic carbocycles. The molecule has 0 saturated carbocycles. The zero-order valence-corrected chi connectivity index (χ0v) is 32.5. The van der Waals surface area contributed by atoms with E-state index in [-0.39, 0.29) is 40.0 Å². The summed E-state index contributed by atoms with van der Waals surface area (Å²) < 4.78 is 78.1. The number of imidazole rings is 2. The molecule has 0 aliphatic heterocycles. The van der Waals surface area contributed by atoms with E-state index in [4.69, 9.17) is 13.6 Å². The number of rotatable bonds is 7. The quantitative estimate of drug-likeness (QED) is 0.128. The Kier molecular flexibility index (Phi) is 9.00. The van der Waals surface area contributed by atoms with Crippen molar-refractivity contribution in [2.24, 2.45) is 0 Å². The summed E-state index contributed by atoms with van der Waals surface area (Å²) in [5.74, 6) is -2.40. The Morgan fingerprint density at radius 3 is 1.56 bits per heavy atom. The molecule has 0 radical (unpaired) electrons. The fourth-order valence-electron chi connectivity index (χ4n) is 6.79. The van der Waals surface area contributed by atoms with Crippen LogP contribution in [0.25, 0.3) is 68.3 Å². The van der Waals surface area contributed by atoms with Gasteiger partial charge in [0.1, 0.15) is 75.6 Å². The summed E-state index contributed by atoms with van der Waals surface area (Å²) in [7, 11) is 0. The number of hydrogen-bond acceptors (Lipinski definition) is 13. The number of benzene rings is 2. The normalized spacial score (nSPS) is 12.2. The van der Waals surface area contributed by atoms with Gasteiger partial charge in [-0.05, 0) is 76.2 Å². The largest absolute Gasteiger partial charge is 0.452 e. The maximum absolute atomic E-state index is 14.6. The van der Waals surface area contributed by atoms with Gasteiger partial charge in [0, 0.05) is 42.6 Å². The monoisotopic (exact) mass is 834 g/mol. The molecule has 61 heavy (non-hydrogen) atoms. The van der Waals surface area contributed by atoms with Gasteiger partial charge in [0.25, 0.3) is 0 Å². The second kappa shape index (κ2) is 14.2. The van der Waals surface area contributed by atoms with Crippen LogP contribution in [0.4, 0.5) is 17.6 Å². The van der Waals surface area contributed by atoms with Crippen molar-refractivity contribution >= 4 is 29.0 Å². The summed E-state index contributed by atoms with van der Waals surface area (Å²) in [6.45, 7) is 7.79. The Morgan fingerprint density at radius 1 is 0.656 bits per heavy atom. The Morgan fingerprint density at radius 2 is 1.11 bits per heavy atom. The van der Waals surface area contributed by atoms with Crippen LogP contribution in [-0.4, -0.2) is 69.5 Å². The van der Waals surface area contributed by atoms with Gasteiger partial charge >= 0.3 is 17.7 Å². The van der Waals surface area contributed by atoms with Gasteiger partial charge < -0.3 is 18.7 Å². The topological polar surface area (TPSA) is 194 Å². The number of halogens is 4. The van der Waals surface area contributed by atoms with Crippen molar-refractivity contribution in [3.63, 3.8) is 0 Å². The molecule has 8 heterocycles. The van der Waals surface area contributed by atoms with Crippen LogP contribution in [0.15, 0.2) is 94.4 Å². The second-order valence-electron chi connectivity index (χ2n) is 14.7. The zero-order valence-electron chi connectivity index (χ0n) is 32.5. The summed E-state index contributed by atoms with van der Waals surface area (Å²) in [5.41, 5.74) is 0.807. The summed E-state index contributed by atoms with van der Waals surface area (Å²) in [6.07, 6.45) is 6.11. The standard InChI is InChI=1S/C21H16F2N6O3.C19H14F2N6O2/c1-11(30)32-21(2,3)19-26-25-16-7-6-15(27-29(16)19)18-17(24-20-28(18)8-9-31-20)13-5-4-12(22)10-14(13)23;1-19(2,28)17-24-23-14-6-5-13(25-27(14)17)16-15(22-18-26(16)7-8-29-18)11-4-3-10(20)9-12(11)21/h4-10H,1-3H3;3-9,28H,1-2H3. The molecule has 0 fully saturated rings. The van der Waals surface area contributed by atoms with E-state index in [2.05, 4.69) is 40.6 Å². The highest BCUT2D eigenvalue weighted by atomic mass is 19.1. The number of aliphatic hydroxyl groups is 1. The SMILES string of the molecule is CC(=O)OC(C)(C)c1nnc2ccc(-c3c(-c4ccc(F)cc4F)nc4occn34)nn12.CC(C)(O)c1nnc2ccc(-c3c(-c4ccc(F)cc4F)nc4occn34)nn12. The Balaban J connectivity index is 0.000000157. The highest BCUT2D eigenvalue weighted by Gasteiger charge is 2.32. The molecule has 21 heteroatoms. The molecule has 1 N–H and O–H groups in total. The molecular formula is C40H30F4N12O5. The maximum atomic E-state index is 14.6. The molecule has 10 aromatic rings. The molecule has 0 aliphatic rings. The number of hydrogen-bond donors (Lipinski definition) is 1. The van der Waals surface area contributed by atoms with Crippen molar-refractivity contribution in [3.8, 4) is 45.3 Å². The maximum Gasteiger partial charge on any atom is 0.306 e. The van der Waals surface area contributed by atoms with E-state index in [1.807, 2.05) is 0 Å². The van der Waals surface area contributed by atoms with Crippen molar-refractivity contribution in [2.75, 3.05) is 0 Å². The molecule has 0 unspecified atom stereocenters. The van der Waals surface area contributed by atoms with Crippen LogP contribution in [0.2, 0.25) is 0 Å². The fraction of sp³-hybridized carbons (Fsp3) is 0.175. The first-order chi connectivity index (χ1) is 29.1. The molecule has 0 bridgehead atoms. The van der Waals surface area contributed by atoms with Crippen molar-refractivity contribution in [3.05, 3.63) is 121 Å². The minimum atomic E-state index is -1.28. The van der Waals surface area contributed by atoms with Gasteiger partial charge in [0.2, 0.25) is 0 Å². The molecule has 17 nitrogen and oxygen atoms in total. The smallest absolute Gasteiger partial charge is 0.306 e. The number of carbonyl (C=O) groups excluding carboxylic acids is 1. The second-order valence-corrected chi connectivity index (χ2v) is 14.7. The summed E-state index contributed by atoms with van der Waals surface area (Å²) >= 11 is 0. The lowest BCUT2D eigenvalue weighted by Gasteiger charge is -2.21. The van der Waals surface area contributed by atoms with E-state index in [1.54, 1.807) is 73.2 Å². The molecule has 0 spiro atoms. The molecule has 0 saturated heterocycles. The van der Waals surface area contributed by atoms with Crippen molar-refractivity contribution < 1.29 is 41.0 Å². The van der Waals surface area contributed by atoms with Crippen LogP contribution >= 0.6 is 0 Å². The number of oxazole rings is 2. The lowest BCUT2D eigenvalue weighted by molar-refractivity contribution is -0.155. The van der Waals surface area contributed by atoms with Crippen LogP contribution in [-0.2, 0) is 20.7 Å².